The third-order valence-corrected chi connectivity index (χ3v) is 8.74. The summed E-state index contributed by atoms with van der Waals surface area (Å²) in [5.41, 5.74) is 2.99. The van der Waals surface area contributed by atoms with Crippen LogP contribution in [0.15, 0.2) is 54.7 Å². The summed E-state index contributed by atoms with van der Waals surface area (Å²) in [5.74, 6) is 1.24. The monoisotopic (exact) mass is 590 g/mol. The van der Waals surface area contributed by atoms with Crippen molar-refractivity contribution in [1.29, 1.82) is 0 Å². The molecule has 0 spiro atoms. The number of anilines is 1. The molecule has 1 aliphatic carbocycles. The maximum atomic E-state index is 13.3. The standard InChI is InChI=1S/C31H28Cl2N4O4/c1-16-8-10-22(23(12-16)37-29(38)19-6-4-5-7-20(19)30(37)39)36-31-34-15-18-13-17(9-11-21(18)35-31)26-27(32)24(40-2)14-25(41-3)28(26)33/h4-7,9,11,13-16,22-23H,8,10,12H2,1-3H3,(H,34,35,36). The van der Waals surface area contributed by atoms with E-state index in [-0.39, 0.29) is 23.9 Å². The van der Waals surface area contributed by atoms with Gasteiger partial charge in [-0.05, 0) is 55.0 Å². The van der Waals surface area contributed by atoms with Crippen molar-refractivity contribution in [3.8, 4) is 22.6 Å². The van der Waals surface area contributed by atoms with Crippen molar-refractivity contribution in [3.63, 3.8) is 0 Å². The van der Waals surface area contributed by atoms with Crippen LogP contribution in [0.2, 0.25) is 10.0 Å². The van der Waals surface area contributed by atoms with Gasteiger partial charge in [-0.25, -0.2) is 9.97 Å². The minimum Gasteiger partial charge on any atom is -0.495 e. The van der Waals surface area contributed by atoms with E-state index in [9.17, 15) is 9.59 Å². The number of ether oxygens (including phenoxy) is 2. The molecule has 10 heteroatoms. The number of imide groups is 1. The molecule has 4 aromatic rings. The van der Waals surface area contributed by atoms with Gasteiger partial charge in [0.25, 0.3) is 11.8 Å². The summed E-state index contributed by atoms with van der Waals surface area (Å²) in [5, 5.41) is 4.98. The minimum atomic E-state index is -0.305. The molecule has 2 aliphatic rings. The van der Waals surface area contributed by atoms with Crippen LogP contribution < -0.4 is 14.8 Å². The van der Waals surface area contributed by atoms with Crippen molar-refractivity contribution < 1.29 is 19.1 Å². The quantitative estimate of drug-likeness (QED) is 0.244. The number of halogens is 2. The van der Waals surface area contributed by atoms with Gasteiger partial charge in [0.2, 0.25) is 5.95 Å². The number of hydrogen-bond acceptors (Lipinski definition) is 7. The van der Waals surface area contributed by atoms with Gasteiger partial charge in [-0.1, -0.05) is 48.3 Å². The van der Waals surface area contributed by atoms with E-state index in [1.165, 1.54) is 19.1 Å². The Hall–Kier alpha value is -3.88. The lowest BCUT2D eigenvalue weighted by Gasteiger charge is -2.39. The Kier molecular flexibility index (Phi) is 7.21. The SMILES string of the molecule is COc1cc(OC)c(Cl)c(-c2ccc3nc(NC4CCC(C)CC4N4C(=O)c5ccccc5C4=O)ncc3c2)c1Cl. The van der Waals surface area contributed by atoms with Gasteiger partial charge in [0.05, 0.1) is 53.0 Å². The first-order valence-corrected chi connectivity index (χ1v) is 14.2. The topological polar surface area (TPSA) is 93.7 Å². The number of methoxy groups -OCH3 is 2. The summed E-state index contributed by atoms with van der Waals surface area (Å²) in [6, 6.07) is 13.8. The molecular formula is C31H28Cl2N4O4. The van der Waals surface area contributed by atoms with E-state index in [4.69, 9.17) is 37.7 Å². The van der Waals surface area contributed by atoms with Gasteiger partial charge in [-0.2, -0.15) is 0 Å². The maximum Gasteiger partial charge on any atom is 0.261 e. The fourth-order valence-electron chi connectivity index (χ4n) is 5.88. The van der Waals surface area contributed by atoms with Crippen molar-refractivity contribution in [2.75, 3.05) is 19.5 Å². The van der Waals surface area contributed by atoms with Crippen LogP contribution in [0, 0.1) is 5.92 Å². The highest BCUT2D eigenvalue weighted by Crippen LogP contribution is 2.46. The number of rotatable bonds is 6. The smallest absolute Gasteiger partial charge is 0.261 e. The fourth-order valence-corrected chi connectivity index (χ4v) is 6.60. The Morgan fingerprint density at radius 3 is 2.22 bits per heavy atom. The van der Waals surface area contributed by atoms with Crippen LogP contribution in [-0.4, -0.2) is 53.0 Å². The zero-order valence-corrected chi connectivity index (χ0v) is 24.3. The number of nitrogens with zero attached hydrogens (tertiary/aromatic N) is 3. The molecule has 1 saturated carbocycles. The second-order valence-electron chi connectivity index (χ2n) is 10.5. The van der Waals surface area contributed by atoms with Gasteiger partial charge in [0, 0.05) is 23.2 Å². The number of fused-ring (bicyclic) bond motifs is 2. The van der Waals surface area contributed by atoms with Gasteiger partial charge >= 0.3 is 0 Å². The second kappa shape index (κ2) is 10.8. The number of carbonyl (C=O) groups is 2. The van der Waals surface area contributed by atoms with Crippen molar-refractivity contribution in [2.45, 2.75) is 38.3 Å². The minimum absolute atomic E-state index is 0.174. The molecule has 0 radical (unpaired) electrons. The van der Waals surface area contributed by atoms with Crippen molar-refractivity contribution in [1.82, 2.24) is 14.9 Å². The van der Waals surface area contributed by atoms with Crippen LogP contribution in [0.25, 0.3) is 22.0 Å². The predicted molar refractivity (Wildman–Crippen MR) is 159 cm³/mol. The normalized spacial score (nSPS) is 20.3. The Labute approximate surface area is 247 Å². The van der Waals surface area contributed by atoms with E-state index in [0.717, 1.165) is 29.3 Å². The van der Waals surface area contributed by atoms with Crippen LogP contribution in [0.5, 0.6) is 11.5 Å². The highest BCUT2D eigenvalue weighted by Gasteiger charge is 2.44. The number of nitrogens with one attached hydrogen (secondary N) is 1. The molecule has 8 nitrogen and oxygen atoms in total. The molecule has 3 aromatic carbocycles. The van der Waals surface area contributed by atoms with Crippen molar-refractivity contribution >= 4 is 51.9 Å². The van der Waals surface area contributed by atoms with Gasteiger partial charge in [-0.3, -0.25) is 14.5 Å². The van der Waals surface area contributed by atoms with Gasteiger partial charge < -0.3 is 14.8 Å². The van der Waals surface area contributed by atoms with E-state index in [0.29, 0.717) is 56.5 Å². The highest BCUT2D eigenvalue weighted by molar-refractivity contribution is 6.41. The summed E-state index contributed by atoms with van der Waals surface area (Å²) in [6.45, 7) is 2.15. The molecule has 3 atom stereocenters. The molecule has 41 heavy (non-hydrogen) atoms. The first kappa shape index (κ1) is 27.3. The molecule has 2 heterocycles. The molecule has 0 bridgehead atoms. The Morgan fingerprint density at radius 1 is 0.927 bits per heavy atom. The molecule has 210 valence electrons. The summed E-state index contributed by atoms with van der Waals surface area (Å²) in [6.07, 6.45) is 4.20. The average molecular weight is 591 g/mol. The van der Waals surface area contributed by atoms with E-state index in [2.05, 4.69) is 17.2 Å². The average Bonchev–Trinajstić information content (AvgIpc) is 3.23. The van der Waals surface area contributed by atoms with Gasteiger partial charge in [-0.15, -0.1) is 0 Å². The van der Waals surface area contributed by atoms with Crippen LogP contribution in [0.1, 0.15) is 46.9 Å². The third-order valence-electron chi connectivity index (χ3n) is 7.99. The lowest BCUT2D eigenvalue weighted by atomic mass is 9.82. The molecule has 1 fully saturated rings. The molecule has 3 unspecified atom stereocenters. The first-order valence-electron chi connectivity index (χ1n) is 13.4. The van der Waals surface area contributed by atoms with Gasteiger partial charge in [0.1, 0.15) is 11.5 Å². The van der Waals surface area contributed by atoms with Crippen LogP contribution in [-0.2, 0) is 0 Å². The number of benzene rings is 3. The molecule has 2 amide bonds. The first-order chi connectivity index (χ1) is 19.8. The largest absolute Gasteiger partial charge is 0.495 e. The lowest BCUT2D eigenvalue weighted by molar-refractivity contribution is 0.0509. The van der Waals surface area contributed by atoms with Crippen molar-refractivity contribution in [3.05, 3.63) is 75.9 Å². The molecule has 1 aliphatic heterocycles. The Bertz CT molecular complexity index is 1630. The Morgan fingerprint density at radius 2 is 1.59 bits per heavy atom. The summed E-state index contributed by atoms with van der Waals surface area (Å²) in [7, 11) is 3.07. The zero-order chi connectivity index (χ0) is 28.8. The third kappa shape index (κ3) is 4.75. The maximum absolute atomic E-state index is 13.3. The number of hydrogen-bond donors (Lipinski definition) is 1. The summed E-state index contributed by atoms with van der Waals surface area (Å²) >= 11 is 13.3. The van der Waals surface area contributed by atoms with Gasteiger partial charge in [0.15, 0.2) is 0 Å². The van der Waals surface area contributed by atoms with Crippen LogP contribution in [0.4, 0.5) is 5.95 Å². The molecule has 1 N–H and O–H groups in total. The van der Waals surface area contributed by atoms with E-state index < -0.39 is 0 Å². The number of aromatic nitrogens is 2. The fraction of sp³-hybridized carbons (Fsp3) is 0.290. The summed E-state index contributed by atoms with van der Waals surface area (Å²) in [4.78, 5) is 37.3. The second-order valence-corrected chi connectivity index (χ2v) is 11.3. The molecule has 6 rings (SSSR count). The molecule has 1 aromatic heterocycles. The zero-order valence-electron chi connectivity index (χ0n) is 22.8. The number of carbonyl (C=O) groups excluding carboxylic acids is 2. The highest BCUT2D eigenvalue weighted by atomic mass is 35.5. The lowest BCUT2D eigenvalue weighted by Crippen LogP contribution is -2.52. The summed E-state index contributed by atoms with van der Waals surface area (Å²) < 4.78 is 10.8. The number of amides is 2. The van der Waals surface area contributed by atoms with Crippen LogP contribution >= 0.6 is 23.2 Å². The van der Waals surface area contributed by atoms with Crippen LogP contribution in [0.3, 0.4) is 0 Å². The molecule has 0 saturated heterocycles. The predicted octanol–water partition coefficient (Wildman–Crippen LogP) is 6.89. The van der Waals surface area contributed by atoms with E-state index in [1.807, 2.05) is 18.2 Å². The van der Waals surface area contributed by atoms with E-state index in [1.54, 1.807) is 36.5 Å². The Balaban J connectivity index is 1.30. The molecular weight excluding hydrogens is 563 g/mol. The van der Waals surface area contributed by atoms with E-state index >= 15 is 0 Å². The van der Waals surface area contributed by atoms with Crippen molar-refractivity contribution in [2.24, 2.45) is 5.92 Å².